The van der Waals surface area contributed by atoms with Gasteiger partial charge in [0.15, 0.2) is 5.69 Å². The summed E-state index contributed by atoms with van der Waals surface area (Å²) in [5.41, 5.74) is 2.78. The summed E-state index contributed by atoms with van der Waals surface area (Å²) < 4.78 is 8.30. The summed E-state index contributed by atoms with van der Waals surface area (Å²) in [6, 6.07) is 4.03. The molecule has 110 valence electrons. The van der Waals surface area contributed by atoms with Crippen LogP contribution in [0.25, 0.3) is 0 Å². The lowest BCUT2D eigenvalue weighted by atomic mass is 10.1. The number of fused-ring (bicyclic) bond motifs is 1. The van der Waals surface area contributed by atoms with Crippen LogP contribution in [0.2, 0.25) is 0 Å². The van der Waals surface area contributed by atoms with E-state index in [4.69, 9.17) is 9.84 Å². The van der Waals surface area contributed by atoms with Gasteiger partial charge in [0.05, 0.1) is 18.8 Å². The number of carboxylic acid groups (broad SMARTS) is 1. The summed E-state index contributed by atoms with van der Waals surface area (Å²) in [5, 5.41) is 16.9. The predicted octanol–water partition coefficient (Wildman–Crippen LogP) is 2.28. The molecule has 0 saturated carbocycles. The van der Waals surface area contributed by atoms with Crippen LogP contribution in [-0.4, -0.2) is 32.7 Å². The van der Waals surface area contributed by atoms with E-state index in [9.17, 15) is 4.79 Å². The van der Waals surface area contributed by atoms with Gasteiger partial charge in [-0.3, -0.25) is 0 Å². The Hall–Kier alpha value is -1.89. The number of benzene rings is 1. The molecular formula is C14H14BrN3O3. The van der Waals surface area contributed by atoms with Gasteiger partial charge in [-0.25, -0.2) is 9.48 Å². The van der Waals surface area contributed by atoms with Gasteiger partial charge < -0.3 is 9.84 Å². The van der Waals surface area contributed by atoms with Gasteiger partial charge >= 0.3 is 5.97 Å². The Morgan fingerprint density at radius 2 is 2.33 bits per heavy atom. The van der Waals surface area contributed by atoms with Crippen LogP contribution in [0.5, 0.6) is 5.75 Å². The largest absolute Gasteiger partial charge is 0.493 e. The van der Waals surface area contributed by atoms with Gasteiger partial charge in [0.25, 0.3) is 0 Å². The molecular weight excluding hydrogens is 338 g/mol. The Balaban J connectivity index is 2.00. The predicted molar refractivity (Wildman–Crippen MR) is 78.8 cm³/mol. The highest BCUT2D eigenvalue weighted by Crippen LogP contribution is 2.33. The first-order valence-electron chi connectivity index (χ1n) is 6.70. The SMILES string of the molecule is CCc1c(C(=O)O)nnn1Cc1cc(Br)cc2c1OCC2. The second-order valence-corrected chi connectivity index (χ2v) is 5.77. The van der Waals surface area contributed by atoms with E-state index in [0.29, 0.717) is 25.3 Å². The third kappa shape index (κ3) is 2.53. The van der Waals surface area contributed by atoms with Crippen molar-refractivity contribution < 1.29 is 14.6 Å². The van der Waals surface area contributed by atoms with Crippen LogP contribution in [0.4, 0.5) is 0 Å². The van der Waals surface area contributed by atoms with Crippen LogP contribution < -0.4 is 4.74 Å². The summed E-state index contributed by atoms with van der Waals surface area (Å²) in [6.07, 6.45) is 1.45. The molecule has 1 N–H and O–H groups in total. The number of halogens is 1. The number of nitrogens with zero attached hydrogens (tertiary/aromatic N) is 3. The Kier molecular flexibility index (Phi) is 3.67. The quantitative estimate of drug-likeness (QED) is 0.914. The summed E-state index contributed by atoms with van der Waals surface area (Å²) in [7, 11) is 0. The molecule has 7 heteroatoms. The third-order valence-electron chi connectivity index (χ3n) is 3.52. The van der Waals surface area contributed by atoms with Gasteiger partial charge in [-0.15, -0.1) is 5.10 Å². The van der Waals surface area contributed by atoms with Crippen molar-refractivity contribution in [2.24, 2.45) is 0 Å². The van der Waals surface area contributed by atoms with Gasteiger partial charge in [-0.2, -0.15) is 0 Å². The van der Waals surface area contributed by atoms with E-state index >= 15 is 0 Å². The number of hydrogen-bond donors (Lipinski definition) is 1. The van der Waals surface area contributed by atoms with Crippen LogP contribution in [0.15, 0.2) is 16.6 Å². The lowest BCUT2D eigenvalue weighted by Crippen LogP contribution is -2.09. The Bertz CT molecular complexity index is 712. The Morgan fingerprint density at radius 1 is 1.52 bits per heavy atom. The van der Waals surface area contributed by atoms with Crippen LogP contribution in [0.3, 0.4) is 0 Å². The van der Waals surface area contributed by atoms with Crippen LogP contribution in [-0.2, 0) is 19.4 Å². The van der Waals surface area contributed by atoms with Crippen molar-refractivity contribution in [1.29, 1.82) is 0 Å². The molecule has 1 aromatic carbocycles. The van der Waals surface area contributed by atoms with Gasteiger partial charge in [-0.1, -0.05) is 28.1 Å². The molecule has 0 radical (unpaired) electrons. The topological polar surface area (TPSA) is 77.2 Å². The van der Waals surface area contributed by atoms with Crippen molar-refractivity contribution in [2.45, 2.75) is 26.3 Å². The van der Waals surface area contributed by atoms with E-state index in [1.54, 1.807) is 4.68 Å². The molecule has 0 atom stereocenters. The number of aromatic carboxylic acids is 1. The zero-order chi connectivity index (χ0) is 15.0. The molecule has 2 heterocycles. The number of carbonyl (C=O) groups is 1. The molecule has 0 amide bonds. The molecule has 3 rings (SSSR count). The molecule has 0 spiro atoms. The minimum atomic E-state index is -1.05. The monoisotopic (exact) mass is 351 g/mol. The molecule has 2 aromatic rings. The summed E-state index contributed by atoms with van der Waals surface area (Å²) in [5.74, 6) is -0.165. The molecule has 1 aliphatic heterocycles. The highest BCUT2D eigenvalue weighted by atomic mass is 79.9. The highest BCUT2D eigenvalue weighted by molar-refractivity contribution is 9.10. The molecule has 0 bridgehead atoms. The maximum absolute atomic E-state index is 11.1. The van der Waals surface area contributed by atoms with E-state index in [2.05, 4.69) is 32.3 Å². The fraction of sp³-hybridized carbons (Fsp3) is 0.357. The normalized spacial score (nSPS) is 13.0. The molecule has 0 fully saturated rings. The van der Waals surface area contributed by atoms with Crippen molar-refractivity contribution in [2.75, 3.05) is 6.61 Å². The lowest BCUT2D eigenvalue weighted by molar-refractivity contribution is 0.0689. The molecule has 6 nitrogen and oxygen atoms in total. The molecule has 0 saturated heterocycles. The maximum atomic E-state index is 11.1. The number of rotatable bonds is 4. The standard InChI is InChI=1S/C14H14BrN3O3/c1-2-11-12(14(19)20)16-17-18(11)7-9-6-10(15)5-8-3-4-21-13(8)9/h5-6H,2-4,7H2,1H3,(H,19,20). The molecule has 0 unspecified atom stereocenters. The summed E-state index contributed by atoms with van der Waals surface area (Å²) >= 11 is 3.50. The molecule has 1 aliphatic rings. The van der Waals surface area contributed by atoms with E-state index < -0.39 is 5.97 Å². The van der Waals surface area contributed by atoms with E-state index in [-0.39, 0.29) is 5.69 Å². The first kappa shape index (κ1) is 14.1. The highest BCUT2D eigenvalue weighted by Gasteiger charge is 2.21. The van der Waals surface area contributed by atoms with E-state index in [0.717, 1.165) is 27.8 Å². The van der Waals surface area contributed by atoms with Gasteiger partial charge in [0.1, 0.15) is 5.75 Å². The van der Waals surface area contributed by atoms with Gasteiger partial charge in [0.2, 0.25) is 0 Å². The Morgan fingerprint density at radius 3 is 3.05 bits per heavy atom. The van der Waals surface area contributed by atoms with Crippen LogP contribution in [0.1, 0.15) is 34.2 Å². The van der Waals surface area contributed by atoms with Crippen molar-refractivity contribution in [3.8, 4) is 5.75 Å². The van der Waals surface area contributed by atoms with E-state index in [1.807, 2.05) is 13.0 Å². The third-order valence-corrected chi connectivity index (χ3v) is 3.98. The second-order valence-electron chi connectivity index (χ2n) is 4.85. The number of hydrogen-bond acceptors (Lipinski definition) is 4. The first-order valence-corrected chi connectivity index (χ1v) is 7.49. The van der Waals surface area contributed by atoms with Crippen molar-refractivity contribution in [3.05, 3.63) is 39.1 Å². The summed E-state index contributed by atoms with van der Waals surface area (Å²) in [4.78, 5) is 11.1. The fourth-order valence-corrected chi connectivity index (χ4v) is 3.15. The minimum Gasteiger partial charge on any atom is -0.493 e. The van der Waals surface area contributed by atoms with Gasteiger partial charge in [-0.05, 0) is 24.1 Å². The van der Waals surface area contributed by atoms with Crippen molar-refractivity contribution in [3.63, 3.8) is 0 Å². The maximum Gasteiger partial charge on any atom is 0.358 e. The number of carboxylic acids is 1. The molecule has 21 heavy (non-hydrogen) atoms. The first-order chi connectivity index (χ1) is 10.1. The average molecular weight is 352 g/mol. The minimum absolute atomic E-state index is 0.0186. The average Bonchev–Trinajstić information content (AvgIpc) is 3.04. The van der Waals surface area contributed by atoms with Crippen LogP contribution in [0, 0.1) is 0 Å². The molecule has 1 aromatic heterocycles. The fourth-order valence-electron chi connectivity index (χ4n) is 2.60. The van der Waals surface area contributed by atoms with Crippen molar-refractivity contribution in [1.82, 2.24) is 15.0 Å². The Labute approximate surface area is 129 Å². The lowest BCUT2D eigenvalue weighted by Gasteiger charge is -2.10. The van der Waals surface area contributed by atoms with E-state index in [1.165, 1.54) is 0 Å². The number of ether oxygens (including phenoxy) is 1. The molecule has 0 aliphatic carbocycles. The summed E-state index contributed by atoms with van der Waals surface area (Å²) in [6.45, 7) is 3.02. The van der Waals surface area contributed by atoms with Crippen LogP contribution >= 0.6 is 15.9 Å². The smallest absolute Gasteiger partial charge is 0.358 e. The number of aromatic nitrogens is 3. The zero-order valence-corrected chi connectivity index (χ0v) is 13.1. The van der Waals surface area contributed by atoms with Gasteiger partial charge in [0, 0.05) is 16.5 Å². The zero-order valence-electron chi connectivity index (χ0n) is 11.5. The van der Waals surface area contributed by atoms with Crippen molar-refractivity contribution >= 4 is 21.9 Å². The second kappa shape index (κ2) is 5.48.